The Balaban J connectivity index is 1.15. The molecule has 11 aromatic rings. The van der Waals surface area contributed by atoms with E-state index in [1.165, 1.54) is 111 Å². The van der Waals surface area contributed by atoms with Gasteiger partial charge in [-0.05, 0) is 136 Å². The van der Waals surface area contributed by atoms with E-state index in [0.29, 0.717) is 0 Å². The second-order valence-corrected chi connectivity index (χ2v) is 17.2. The van der Waals surface area contributed by atoms with Crippen molar-refractivity contribution < 1.29 is 0 Å². The van der Waals surface area contributed by atoms with Crippen molar-refractivity contribution in [3.63, 3.8) is 0 Å². The Kier molecular flexibility index (Phi) is 8.39. The second-order valence-electron chi connectivity index (χ2n) is 17.2. The summed E-state index contributed by atoms with van der Waals surface area (Å²) in [7, 11) is 0. The lowest BCUT2D eigenvalue weighted by Gasteiger charge is -2.34. The van der Waals surface area contributed by atoms with Gasteiger partial charge in [-0.3, -0.25) is 0 Å². The van der Waals surface area contributed by atoms with Gasteiger partial charge in [0.15, 0.2) is 0 Å². The standard InChI is InChI=1S/C62H42N2/c1-2-18-42(19-3-1)61-53-35-33-48(64-59-31-14-7-22-45(59)38-46-23-8-15-32-60(46)64)40-56(53)62(52-27-11-10-26-51(52)50-28-16-24-41-17-4-9-25-49(41)50)54-36-34-47(39-55(54)61)63-57-29-12-5-20-43(57)37-44-21-6-13-30-58(44)63/h1-36,39-40H,37-38H2. The Morgan fingerprint density at radius 3 is 1.27 bits per heavy atom. The van der Waals surface area contributed by atoms with Gasteiger partial charge in [0.1, 0.15) is 0 Å². The number of para-hydroxylation sites is 4. The molecule has 13 rings (SSSR count). The van der Waals surface area contributed by atoms with Gasteiger partial charge in [-0.2, -0.15) is 0 Å². The SMILES string of the molecule is c1ccc(-c2c3cc(N4c5ccccc5Cc5ccccc54)ccc3c(-c3ccccc3-c3cccc4ccccc34)c3cc(N4c5ccccc5Cc5ccccc54)ccc23)cc1. The number of benzene rings is 11. The molecule has 2 aliphatic heterocycles. The highest BCUT2D eigenvalue weighted by molar-refractivity contribution is 6.24. The van der Waals surface area contributed by atoms with Gasteiger partial charge in [0.25, 0.3) is 0 Å². The van der Waals surface area contributed by atoms with E-state index in [-0.39, 0.29) is 0 Å². The molecule has 0 amide bonds. The average Bonchev–Trinajstić information content (AvgIpc) is 3.36. The van der Waals surface area contributed by atoms with E-state index in [1.54, 1.807) is 0 Å². The van der Waals surface area contributed by atoms with Gasteiger partial charge in [0.05, 0.1) is 0 Å². The van der Waals surface area contributed by atoms with Crippen LogP contribution < -0.4 is 9.80 Å². The van der Waals surface area contributed by atoms with Crippen molar-refractivity contribution in [2.24, 2.45) is 0 Å². The van der Waals surface area contributed by atoms with Gasteiger partial charge in [0, 0.05) is 47.0 Å². The lowest BCUT2D eigenvalue weighted by Crippen LogP contribution is -2.18. The van der Waals surface area contributed by atoms with Gasteiger partial charge in [-0.1, -0.05) is 182 Å². The van der Waals surface area contributed by atoms with E-state index in [0.717, 1.165) is 24.2 Å². The lowest BCUT2D eigenvalue weighted by atomic mass is 9.82. The van der Waals surface area contributed by atoms with Crippen LogP contribution in [0.2, 0.25) is 0 Å². The van der Waals surface area contributed by atoms with Gasteiger partial charge in [0.2, 0.25) is 0 Å². The lowest BCUT2D eigenvalue weighted by molar-refractivity contribution is 1.09. The van der Waals surface area contributed by atoms with Gasteiger partial charge >= 0.3 is 0 Å². The van der Waals surface area contributed by atoms with Crippen LogP contribution in [0.5, 0.6) is 0 Å². The minimum atomic E-state index is 0.914. The molecule has 64 heavy (non-hydrogen) atoms. The third kappa shape index (κ3) is 5.73. The summed E-state index contributed by atoms with van der Waals surface area (Å²) in [5.41, 5.74) is 19.9. The average molecular weight is 815 g/mol. The van der Waals surface area contributed by atoms with Crippen molar-refractivity contribution in [2.75, 3.05) is 9.80 Å². The smallest absolute Gasteiger partial charge is 0.0497 e. The molecular formula is C62H42N2. The quantitative estimate of drug-likeness (QED) is 0.160. The largest absolute Gasteiger partial charge is 0.310 e. The summed E-state index contributed by atoms with van der Waals surface area (Å²) in [4.78, 5) is 4.96. The number of anilines is 6. The first-order valence-corrected chi connectivity index (χ1v) is 22.4. The Labute approximate surface area is 373 Å². The number of nitrogens with zero attached hydrogens (tertiary/aromatic N) is 2. The fourth-order valence-electron chi connectivity index (χ4n) is 10.8. The molecule has 0 unspecified atom stereocenters. The summed E-state index contributed by atoms with van der Waals surface area (Å²) >= 11 is 0. The fourth-order valence-corrected chi connectivity index (χ4v) is 10.8. The van der Waals surface area contributed by atoms with Crippen LogP contribution in [0.15, 0.2) is 231 Å². The first-order valence-electron chi connectivity index (χ1n) is 22.4. The van der Waals surface area contributed by atoms with Gasteiger partial charge in [-0.25, -0.2) is 0 Å². The molecular weight excluding hydrogens is 773 g/mol. The molecule has 0 radical (unpaired) electrons. The molecule has 0 bridgehead atoms. The van der Waals surface area contributed by atoms with Crippen molar-refractivity contribution in [2.45, 2.75) is 12.8 Å². The van der Waals surface area contributed by atoms with Crippen LogP contribution in [0.1, 0.15) is 22.3 Å². The Hall–Kier alpha value is -8.20. The number of fused-ring (bicyclic) bond motifs is 7. The number of hydrogen-bond acceptors (Lipinski definition) is 2. The van der Waals surface area contributed by atoms with Crippen molar-refractivity contribution in [3.8, 4) is 33.4 Å². The third-order valence-corrected chi connectivity index (χ3v) is 13.6. The summed E-state index contributed by atoms with van der Waals surface area (Å²) in [5, 5.41) is 7.37. The molecule has 0 aromatic heterocycles. The zero-order valence-electron chi connectivity index (χ0n) is 35.2. The first-order chi connectivity index (χ1) is 31.8. The predicted molar refractivity (Wildman–Crippen MR) is 270 cm³/mol. The monoisotopic (exact) mass is 814 g/mol. The molecule has 0 atom stereocenters. The van der Waals surface area contributed by atoms with Crippen molar-refractivity contribution >= 4 is 66.4 Å². The summed E-state index contributed by atoms with van der Waals surface area (Å²) in [6.07, 6.45) is 1.83. The molecule has 0 fully saturated rings. The van der Waals surface area contributed by atoms with E-state index >= 15 is 0 Å². The maximum absolute atomic E-state index is 2.48. The van der Waals surface area contributed by atoms with Crippen molar-refractivity contribution in [1.82, 2.24) is 0 Å². The highest BCUT2D eigenvalue weighted by Crippen LogP contribution is 2.52. The first kappa shape index (κ1) is 36.5. The minimum absolute atomic E-state index is 0.914. The van der Waals surface area contributed by atoms with E-state index in [4.69, 9.17) is 0 Å². The molecule has 2 heterocycles. The summed E-state index contributed by atoms with van der Waals surface area (Å²) in [5.74, 6) is 0. The van der Waals surface area contributed by atoms with Gasteiger partial charge in [-0.15, -0.1) is 0 Å². The summed E-state index contributed by atoms with van der Waals surface area (Å²) in [6, 6.07) is 85.6. The maximum Gasteiger partial charge on any atom is 0.0497 e. The molecule has 0 saturated carbocycles. The molecule has 0 aliphatic carbocycles. The number of rotatable bonds is 5. The maximum atomic E-state index is 2.48. The second kappa shape index (κ2) is 14.7. The summed E-state index contributed by atoms with van der Waals surface area (Å²) in [6.45, 7) is 0. The van der Waals surface area contributed by atoms with E-state index in [1.807, 2.05) is 0 Å². The highest BCUT2D eigenvalue weighted by atomic mass is 15.2. The van der Waals surface area contributed by atoms with E-state index in [2.05, 4.69) is 240 Å². The molecule has 2 heteroatoms. The van der Waals surface area contributed by atoms with Crippen LogP contribution in [0, 0.1) is 0 Å². The zero-order valence-corrected chi connectivity index (χ0v) is 35.2. The Morgan fingerprint density at radius 1 is 0.266 bits per heavy atom. The van der Waals surface area contributed by atoms with Crippen LogP contribution in [-0.4, -0.2) is 0 Å². The van der Waals surface area contributed by atoms with E-state index in [9.17, 15) is 0 Å². The molecule has 0 spiro atoms. The number of hydrogen-bond donors (Lipinski definition) is 0. The molecule has 0 saturated heterocycles. The third-order valence-electron chi connectivity index (χ3n) is 13.6. The fraction of sp³-hybridized carbons (Fsp3) is 0.0323. The molecule has 300 valence electrons. The summed E-state index contributed by atoms with van der Waals surface area (Å²) < 4.78 is 0. The van der Waals surface area contributed by atoms with E-state index < -0.39 is 0 Å². The van der Waals surface area contributed by atoms with Crippen LogP contribution in [0.25, 0.3) is 65.7 Å². The Morgan fingerprint density at radius 2 is 0.688 bits per heavy atom. The highest BCUT2D eigenvalue weighted by Gasteiger charge is 2.28. The molecule has 11 aromatic carbocycles. The van der Waals surface area contributed by atoms with Gasteiger partial charge < -0.3 is 9.80 Å². The normalized spacial score (nSPS) is 12.8. The zero-order chi connectivity index (χ0) is 42.1. The Bertz CT molecular complexity index is 3540. The van der Waals surface area contributed by atoms with Crippen LogP contribution in [-0.2, 0) is 12.8 Å². The molecule has 2 aliphatic rings. The molecule has 0 N–H and O–H groups in total. The van der Waals surface area contributed by atoms with Crippen LogP contribution in [0.3, 0.4) is 0 Å². The van der Waals surface area contributed by atoms with Crippen molar-refractivity contribution in [1.29, 1.82) is 0 Å². The van der Waals surface area contributed by atoms with Crippen LogP contribution >= 0.6 is 0 Å². The molecule has 2 nitrogen and oxygen atoms in total. The van der Waals surface area contributed by atoms with Crippen LogP contribution in [0.4, 0.5) is 34.1 Å². The topological polar surface area (TPSA) is 6.48 Å². The predicted octanol–water partition coefficient (Wildman–Crippen LogP) is 16.9. The van der Waals surface area contributed by atoms with Crippen molar-refractivity contribution in [3.05, 3.63) is 253 Å². The minimum Gasteiger partial charge on any atom is -0.310 e.